The van der Waals surface area contributed by atoms with E-state index in [1.807, 2.05) is 30.3 Å². The predicted octanol–water partition coefficient (Wildman–Crippen LogP) is 1.84. The van der Waals surface area contributed by atoms with Crippen LogP contribution in [0.25, 0.3) is 0 Å². The summed E-state index contributed by atoms with van der Waals surface area (Å²) in [5, 5.41) is 9.17. The van der Waals surface area contributed by atoms with Crippen molar-refractivity contribution >= 4 is 11.9 Å². The minimum Gasteiger partial charge on any atom is -0.480 e. The average molecular weight is 277 g/mol. The van der Waals surface area contributed by atoms with Crippen LogP contribution < -0.4 is 0 Å². The fourth-order valence-electron chi connectivity index (χ4n) is 2.30. The van der Waals surface area contributed by atoms with Gasteiger partial charge in [-0.1, -0.05) is 30.3 Å². The van der Waals surface area contributed by atoms with Crippen LogP contribution in [0.4, 0.5) is 0 Å². The number of hydrogen-bond donors (Lipinski definition) is 1. The van der Waals surface area contributed by atoms with Gasteiger partial charge in [0.05, 0.1) is 0 Å². The average Bonchev–Trinajstić information content (AvgIpc) is 3.25. The first-order chi connectivity index (χ1) is 9.56. The molecule has 2 atom stereocenters. The summed E-state index contributed by atoms with van der Waals surface area (Å²) in [6.07, 6.45) is 0.960. The summed E-state index contributed by atoms with van der Waals surface area (Å²) in [7, 11) is 1.46. The number of aliphatic carboxylic acids is 1. The second-order valence-corrected chi connectivity index (χ2v) is 5.02. The molecule has 1 aliphatic carbocycles. The van der Waals surface area contributed by atoms with Gasteiger partial charge in [0.2, 0.25) is 0 Å². The van der Waals surface area contributed by atoms with Crippen molar-refractivity contribution in [3.8, 4) is 0 Å². The van der Waals surface area contributed by atoms with E-state index in [4.69, 9.17) is 9.84 Å². The summed E-state index contributed by atoms with van der Waals surface area (Å²) < 4.78 is 5.30. The van der Waals surface area contributed by atoms with Crippen LogP contribution in [0.15, 0.2) is 30.3 Å². The maximum Gasteiger partial charge on any atom is 0.326 e. The molecule has 1 saturated carbocycles. The first kappa shape index (κ1) is 14.5. The maximum absolute atomic E-state index is 12.6. The summed E-state index contributed by atoms with van der Waals surface area (Å²) in [6, 6.07) is 8.32. The van der Waals surface area contributed by atoms with Crippen molar-refractivity contribution in [1.29, 1.82) is 0 Å². The Hall–Kier alpha value is -1.88. The van der Waals surface area contributed by atoms with Crippen LogP contribution in [0.1, 0.15) is 31.4 Å². The van der Waals surface area contributed by atoms with E-state index < -0.39 is 18.1 Å². The lowest BCUT2D eigenvalue weighted by atomic mass is 10.1. The molecule has 1 amide bonds. The second kappa shape index (κ2) is 6.05. The fourth-order valence-corrected chi connectivity index (χ4v) is 2.30. The molecular weight excluding hydrogens is 258 g/mol. The SMILES string of the molecule is COC(C(=O)N(C1CC1)C(C)C(=O)O)c1ccccc1. The van der Waals surface area contributed by atoms with Crippen molar-refractivity contribution in [3.63, 3.8) is 0 Å². The highest BCUT2D eigenvalue weighted by molar-refractivity contribution is 5.87. The molecule has 2 unspecified atom stereocenters. The summed E-state index contributed by atoms with van der Waals surface area (Å²) in [5.41, 5.74) is 0.739. The number of amides is 1. The maximum atomic E-state index is 12.6. The van der Waals surface area contributed by atoms with Crippen LogP contribution in [0.3, 0.4) is 0 Å². The number of benzene rings is 1. The molecule has 5 heteroatoms. The molecular formula is C15H19NO4. The third-order valence-electron chi connectivity index (χ3n) is 3.53. The Labute approximate surface area is 118 Å². The van der Waals surface area contributed by atoms with Crippen LogP contribution in [-0.2, 0) is 14.3 Å². The van der Waals surface area contributed by atoms with E-state index in [-0.39, 0.29) is 11.9 Å². The number of methoxy groups -OCH3 is 1. The molecule has 0 aromatic heterocycles. The summed E-state index contributed by atoms with van der Waals surface area (Å²) >= 11 is 0. The molecule has 1 aromatic carbocycles. The van der Waals surface area contributed by atoms with Gasteiger partial charge in [0.25, 0.3) is 5.91 Å². The van der Waals surface area contributed by atoms with Gasteiger partial charge in [0.15, 0.2) is 6.10 Å². The Balaban J connectivity index is 2.24. The number of carbonyl (C=O) groups is 2. The van der Waals surface area contributed by atoms with Gasteiger partial charge in [-0.3, -0.25) is 4.79 Å². The lowest BCUT2D eigenvalue weighted by Crippen LogP contribution is -2.47. The van der Waals surface area contributed by atoms with Crippen LogP contribution in [0.2, 0.25) is 0 Å². The first-order valence-electron chi connectivity index (χ1n) is 6.69. The molecule has 1 aliphatic rings. The van der Waals surface area contributed by atoms with Crippen LogP contribution in [-0.4, -0.2) is 41.1 Å². The van der Waals surface area contributed by atoms with Crippen molar-refractivity contribution in [2.45, 2.75) is 38.0 Å². The standard InChI is InChI=1S/C15H19NO4/c1-10(15(18)19)16(12-8-9-12)14(17)13(20-2)11-6-4-3-5-7-11/h3-7,10,12-13H,8-9H2,1-2H3,(H,18,19). The highest BCUT2D eigenvalue weighted by Crippen LogP contribution is 2.32. The Morgan fingerprint density at radius 1 is 1.30 bits per heavy atom. The largest absolute Gasteiger partial charge is 0.480 e. The van der Waals surface area contributed by atoms with E-state index >= 15 is 0 Å². The van der Waals surface area contributed by atoms with Crippen molar-refractivity contribution < 1.29 is 19.4 Å². The van der Waals surface area contributed by atoms with Crippen LogP contribution in [0.5, 0.6) is 0 Å². The van der Waals surface area contributed by atoms with Gasteiger partial charge in [-0.05, 0) is 25.3 Å². The molecule has 0 bridgehead atoms. The van der Waals surface area contributed by atoms with Gasteiger partial charge in [-0.15, -0.1) is 0 Å². The van der Waals surface area contributed by atoms with Crippen molar-refractivity contribution in [1.82, 2.24) is 4.90 Å². The van der Waals surface area contributed by atoms with Crippen molar-refractivity contribution in [2.24, 2.45) is 0 Å². The Bertz CT molecular complexity index is 484. The van der Waals surface area contributed by atoms with Crippen LogP contribution >= 0.6 is 0 Å². The van der Waals surface area contributed by atoms with E-state index in [1.54, 1.807) is 0 Å². The zero-order valence-corrected chi connectivity index (χ0v) is 11.7. The molecule has 0 saturated heterocycles. The number of carboxylic acid groups (broad SMARTS) is 1. The lowest BCUT2D eigenvalue weighted by Gasteiger charge is -2.30. The highest BCUT2D eigenvalue weighted by Gasteiger charge is 2.41. The molecule has 1 fully saturated rings. The quantitative estimate of drug-likeness (QED) is 0.861. The van der Waals surface area contributed by atoms with E-state index in [2.05, 4.69) is 0 Å². The monoisotopic (exact) mass is 277 g/mol. The normalized spacial score (nSPS) is 17.3. The molecule has 2 rings (SSSR count). The smallest absolute Gasteiger partial charge is 0.326 e. The van der Waals surface area contributed by atoms with Gasteiger partial charge in [0.1, 0.15) is 6.04 Å². The van der Waals surface area contributed by atoms with Gasteiger partial charge in [-0.2, -0.15) is 0 Å². The van der Waals surface area contributed by atoms with Crippen molar-refractivity contribution in [3.05, 3.63) is 35.9 Å². The van der Waals surface area contributed by atoms with Gasteiger partial charge >= 0.3 is 5.97 Å². The molecule has 20 heavy (non-hydrogen) atoms. The molecule has 0 aliphatic heterocycles. The van der Waals surface area contributed by atoms with Gasteiger partial charge < -0.3 is 14.7 Å². The zero-order chi connectivity index (χ0) is 14.7. The predicted molar refractivity (Wildman–Crippen MR) is 73.2 cm³/mol. The highest BCUT2D eigenvalue weighted by atomic mass is 16.5. The molecule has 5 nitrogen and oxygen atoms in total. The van der Waals surface area contributed by atoms with E-state index in [0.29, 0.717) is 0 Å². The van der Waals surface area contributed by atoms with Crippen LogP contribution in [0, 0.1) is 0 Å². The third kappa shape index (κ3) is 2.99. The molecule has 0 heterocycles. The number of nitrogens with zero attached hydrogens (tertiary/aromatic N) is 1. The molecule has 0 radical (unpaired) electrons. The fraction of sp³-hybridized carbons (Fsp3) is 0.467. The number of ether oxygens (including phenoxy) is 1. The Morgan fingerprint density at radius 2 is 1.90 bits per heavy atom. The third-order valence-corrected chi connectivity index (χ3v) is 3.53. The van der Waals surface area contributed by atoms with E-state index in [9.17, 15) is 9.59 Å². The first-order valence-corrected chi connectivity index (χ1v) is 6.69. The van der Waals surface area contributed by atoms with Gasteiger partial charge in [-0.25, -0.2) is 4.79 Å². The molecule has 1 aromatic rings. The molecule has 1 N–H and O–H groups in total. The minimum absolute atomic E-state index is 0.0231. The molecule has 108 valence electrons. The zero-order valence-electron chi connectivity index (χ0n) is 11.7. The number of carbonyl (C=O) groups excluding carboxylic acids is 1. The number of carboxylic acids is 1. The molecule has 0 spiro atoms. The summed E-state index contributed by atoms with van der Waals surface area (Å²) in [6.45, 7) is 1.54. The van der Waals surface area contributed by atoms with E-state index in [0.717, 1.165) is 18.4 Å². The number of rotatable bonds is 6. The Kier molecular flexibility index (Phi) is 4.39. The summed E-state index contributed by atoms with van der Waals surface area (Å²) in [4.78, 5) is 25.3. The lowest BCUT2D eigenvalue weighted by molar-refractivity contribution is -0.155. The van der Waals surface area contributed by atoms with Crippen molar-refractivity contribution in [2.75, 3.05) is 7.11 Å². The van der Waals surface area contributed by atoms with E-state index in [1.165, 1.54) is 18.9 Å². The topological polar surface area (TPSA) is 66.8 Å². The Morgan fingerprint density at radius 3 is 2.35 bits per heavy atom. The number of hydrogen-bond acceptors (Lipinski definition) is 3. The summed E-state index contributed by atoms with van der Waals surface area (Å²) in [5.74, 6) is -1.27. The minimum atomic E-state index is -0.992. The van der Waals surface area contributed by atoms with Gasteiger partial charge in [0, 0.05) is 13.2 Å². The second-order valence-electron chi connectivity index (χ2n) is 5.02.